The normalized spacial score (nSPS) is 15.2. The van der Waals surface area contributed by atoms with Gasteiger partial charge in [0.2, 0.25) is 0 Å². The van der Waals surface area contributed by atoms with Crippen LogP contribution in [0.2, 0.25) is 6.04 Å². The first-order valence-electron chi connectivity index (χ1n) is 5.69. The van der Waals surface area contributed by atoms with Crippen molar-refractivity contribution in [2.75, 3.05) is 13.7 Å². The largest absolute Gasteiger partial charge is 0.395 e. The third kappa shape index (κ3) is 3.59. The van der Waals surface area contributed by atoms with Gasteiger partial charge in [0, 0.05) is 13.7 Å². The van der Waals surface area contributed by atoms with Crippen LogP contribution in [0.1, 0.15) is 19.4 Å². The maximum absolute atomic E-state index is 5.78. The summed E-state index contributed by atoms with van der Waals surface area (Å²) in [7, 11) is -0.370. The summed E-state index contributed by atoms with van der Waals surface area (Å²) in [4.78, 5) is 0. The minimum absolute atomic E-state index is 0.701. The van der Waals surface area contributed by atoms with Crippen molar-refractivity contribution in [3.05, 3.63) is 41.6 Å². The topological polar surface area (TPSA) is 18.5 Å². The molecule has 1 atom stereocenters. The van der Waals surface area contributed by atoms with E-state index in [-0.39, 0.29) is 0 Å². The van der Waals surface area contributed by atoms with Gasteiger partial charge in [-0.15, -0.1) is 0 Å². The summed E-state index contributed by atoms with van der Waals surface area (Å²) in [5, 5.41) is 0. The lowest BCUT2D eigenvalue weighted by molar-refractivity contribution is 0.222. The van der Waals surface area contributed by atoms with Crippen molar-refractivity contribution in [2.45, 2.75) is 19.9 Å². The molecule has 0 N–H and O–H groups in total. The molecule has 1 unspecified atom stereocenters. The highest BCUT2D eigenvalue weighted by molar-refractivity contribution is 6.73. The first-order chi connectivity index (χ1) is 7.76. The van der Waals surface area contributed by atoms with E-state index in [2.05, 4.69) is 30.8 Å². The van der Waals surface area contributed by atoms with E-state index in [1.807, 2.05) is 25.1 Å². The Bertz CT molecular complexity index is 318. The van der Waals surface area contributed by atoms with E-state index in [1.54, 1.807) is 7.11 Å². The Morgan fingerprint density at radius 3 is 2.38 bits per heavy atom. The molecule has 0 aliphatic carbocycles. The van der Waals surface area contributed by atoms with Crippen LogP contribution in [-0.4, -0.2) is 22.3 Å². The molecule has 0 aliphatic rings. The zero-order valence-electron chi connectivity index (χ0n) is 10.3. The SMILES string of the molecule is CCO[Si](C=Cc1ccccc1)(CC)OC. The van der Waals surface area contributed by atoms with E-state index in [9.17, 15) is 0 Å². The van der Waals surface area contributed by atoms with Crippen molar-refractivity contribution in [3.63, 3.8) is 0 Å². The molecular formula is C13H20O2Si. The monoisotopic (exact) mass is 236 g/mol. The van der Waals surface area contributed by atoms with Gasteiger partial charge in [-0.1, -0.05) is 43.3 Å². The molecule has 0 radical (unpaired) electrons. The third-order valence-electron chi connectivity index (χ3n) is 2.56. The molecule has 16 heavy (non-hydrogen) atoms. The van der Waals surface area contributed by atoms with Crippen molar-refractivity contribution >= 4 is 14.6 Å². The highest BCUT2D eigenvalue weighted by Crippen LogP contribution is 2.16. The van der Waals surface area contributed by atoms with E-state index in [1.165, 1.54) is 5.56 Å². The molecular weight excluding hydrogens is 216 g/mol. The van der Waals surface area contributed by atoms with Gasteiger partial charge in [0.1, 0.15) is 0 Å². The minimum atomic E-state index is -2.11. The Morgan fingerprint density at radius 1 is 1.19 bits per heavy atom. The van der Waals surface area contributed by atoms with E-state index in [0.29, 0.717) is 6.61 Å². The molecule has 1 rings (SSSR count). The van der Waals surface area contributed by atoms with E-state index < -0.39 is 8.56 Å². The van der Waals surface area contributed by atoms with Gasteiger partial charge in [-0.2, -0.15) is 0 Å². The second kappa shape index (κ2) is 6.63. The molecule has 0 heterocycles. The summed E-state index contributed by atoms with van der Waals surface area (Å²) in [5.74, 6) is 0. The average molecular weight is 236 g/mol. The lowest BCUT2D eigenvalue weighted by Crippen LogP contribution is -2.38. The molecule has 0 saturated heterocycles. The van der Waals surface area contributed by atoms with Crippen LogP contribution in [0.15, 0.2) is 36.0 Å². The third-order valence-corrected chi connectivity index (χ3v) is 5.68. The Balaban J connectivity index is 2.79. The van der Waals surface area contributed by atoms with E-state index >= 15 is 0 Å². The highest BCUT2D eigenvalue weighted by Gasteiger charge is 2.30. The number of hydrogen-bond donors (Lipinski definition) is 0. The van der Waals surface area contributed by atoms with Gasteiger partial charge in [0.25, 0.3) is 0 Å². The lowest BCUT2D eigenvalue weighted by atomic mass is 10.2. The molecule has 0 aliphatic heterocycles. The van der Waals surface area contributed by atoms with Crippen LogP contribution in [0.25, 0.3) is 6.08 Å². The maximum Gasteiger partial charge on any atom is 0.364 e. The summed E-state index contributed by atoms with van der Waals surface area (Å²) < 4.78 is 11.4. The minimum Gasteiger partial charge on any atom is -0.395 e. The molecule has 0 spiro atoms. The van der Waals surface area contributed by atoms with Gasteiger partial charge in [0.05, 0.1) is 0 Å². The predicted molar refractivity (Wildman–Crippen MR) is 70.3 cm³/mol. The van der Waals surface area contributed by atoms with Crippen LogP contribution < -0.4 is 0 Å². The van der Waals surface area contributed by atoms with Crippen LogP contribution >= 0.6 is 0 Å². The predicted octanol–water partition coefficient (Wildman–Crippen LogP) is 3.38. The standard InChI is InChI=1S/C13H20O2Si/c1-4-15-16(5-2,14-3)12-11-13-9-7-6-8-10-13/h6-12H,4-5H2,1-3H3. The molecule has 1 aromatic rings. The summed E-state index contributed by atoms with van der Waals surface area (Å²) in [5.41, 5.74) is 3.30. The zero-order chi connectivity index (χ0) is 11.9. The fraction of sp³-hybridized carbons (Fsp3) is 0.385. The van der Waals surface area contributed by atoms with Gasteiger partial charge in [0.15, 0.2) is 0 Å². The Hall–Kier alpha value is -0.903. The van der Waals surface area contributed by atoms with Gasteiger partial charge < -0.3 is 8.85 Å². The van der Waals surface area contributed by atoms with Crippen molar-refractivity contribution in [3.8, 4) is 0 Å². The summed E-state index contributed by atoms with van der Waals surface area (Å²) in [6.07, 6.45) is 2.09. The van der Waals surface area contributed by atoms with E-state index in [4.69, 9.17) is 8.85 Å². The van der Waals surface area contributed by atoms with Gasteiger partial charge in [-0.25, -0.2) is 0 Å². The summed E-state index contributed by atoms with van der Waals surface area (Å²) >= 11 is 0. The van der Waals surface area contributed by atoms with Crippen LogP contribution in [-0.2, 0) is 8.85 Å². The molecule has 0 amide bonds. The summed E-state index contributed by atoms with van der Waals surface area (Å²) in [6, 6.07) is 11.2. The van der Waals surface area contributed by atoms with Crippen molar-refractivity contribution in [1.29, 1.82) is 0 Å². The molecule has 0 saturated carbocycles. The fourth-order valence-corrected chi connectivity index (χ4v) is 3.58. The maximum atomic E-state index is 5.78. The Morgan fingerprint density at radius 2 is 1.88 bits per heavy atom. The van der Waals surface area contributed by atoms with Crippen molar-refractivity contribution < 1.29 is 8.85 Å². The molecule has 0 aromatic heterocycles. The molecule has 2 nitrogen and oxygen atoms in total. The van der Waals surface area contributed by atoms with E-state index in [0.717, 1.165) is 6.04 Å². The summed E-state index contributed by atoms with van der Waals surface area (Å²) in [6.45, 7) is 4.82. The van der Waals surface area contributed by atoms with Crippen LogP contribution in [0.5, 0.6) is 0 Å². The van der Waals surface area contributed by atoms with Gasteiger partial charge >= 0.3 is 8.56 Å². The molecule has 0 bridgehead atoms. The second-order valence-corrected chi connectivity index (χ2v) is 6.91. The lowest BCUT2D eigenvalue weighted by Gasteiger charge is -2.23. The number of benzene rings is 1. The number of hydrogen-bond acceptors (Lipinski definition) is 2. The van der Waals surface area contributed by atoms with Crippen LogP contribution in [0, 0.1) is 0 Å². The quantitative estimate of drug-likeness (QED) is 0.705. The fourth-order valence-electron chi connectivity index (χ4n) is 1.57. The van der Waals surface area contributed by atoms with Crippen LogP contribution in [0.3, 0.4) is 0 Å². The first-order valence-corrected chi connectivity index (χ1v) is 7.80. The smallest absolute Gasteiger partial charge is 0.364 e. The highest BCUT2D eigenvalue weighted by atomic mass is 28.4. The zero-order valence-corrected chi connectivity index (χ0v) is 11.3. The average Bonchev–Trinajstić information content (AvgIpc) is 2.36. The van der Waals surface area contributed by atoms with Crippen LogP contribution in [0.4, 0.5) is 0 Å². The molecule has 1 aromatic carbocycles. The van der Waals surface area contributed by atoms with Gasteiger partial charge in [-0.3, -0.25) is 0 Å². The van der Waals surface area contributed by atoms with Crippen molar-refractivity contribution in [1.82, 2.24) is 0 Å². The van der Waals surface area contributed by atoms with Crippen molar-refractivity contribution in [2.24, 2.45) is 0 Å². The molecule has 88 valence electrons. The first kappa shape index (κ1) is 13.2. The van der Waals surface area contributed by atoms with Gasteiger partial charge in [-0.05, 0) is 24.2 Å². The number of rotatable bonds is 6. The Kier molecular flexibility index (Phi) is 5.45. The Labute approximate surface area is 99.2 Å². The molecule has 3 heteroatoms. The molecule has 0 fully saturated rings. The second-order valence-electron chi connectivity index (χ2n) is 3.55.